The lowest BCUT2D eigenvalue weighted by atomic mass is 9.97. The molecule has 6 nitrogen and oxygen atoms in total. The summed E-state index contributed by atoms with van der Waals surface area (Å²) < 4.78 is 32.7. The van der Waals surface area contributed by atoms with E-state index in [1.807, 2.05) is 32.0 Å². The lowest BCUT2D eigenvalue weighted by Crippen LogP contribution is -2.41. The fourth-order valence-corrected chi connectivity index (χ4v) is 5.36. The number of ether oxygens (including phenoxy) is 1. The number of carbonyl (C=O) groups is 1. The molecule has 8 heteroatoms. The standard InChI is InChI=1S/C21H25ClN2O4S/c1-14-5-4-6-18(15(14)2)23-21(25)16-9-11-24(12-10-16)29(26,27)20-13-17(22)7-8-19(20)28-3/h4-8,13,16H,9-12H2,1-3H3,(H,23,25). The van der Waals surface area contributed by atoms with E-state index < -0.39 is 10.0 Å². The Balaban J connectivity index is 1.69. The van der Waals surface area contributed by atoms with Crippen LogP contribution in [0.5, 0.6) is 5.75 Å². The van der Waals surface area contributed by atoms with Crippen LogP contribution in [0.1, 0.15) is 24.0 Å². The van der Waals surface area contributed by atoms with Crippen LogP contribution in [0.2, 0.25) is 5.02 Å². The second-order valence-corrected chi connectivity index (χ2v) is 9.55. The third-order valence-electron chi connectivity index (χ3n) is 5.43. The Morgan fingerprint density at radius 1 is 1.17 bits per heavy atom. The number of aryl methyl sites for hydroxylation is 1. The van der Waals surface area contributed by atoms with Gasteiger partial charge in [-0.1, -0.05) is 23.7 Å². The van der Waals surface area contributed by atoms with Gasteiger partial charge in [-0.25, -0.2) is 8.42 Å². The molecule has 1 N–H and O–H groups in total. The zero-order chi connectivity index (χ0) is 21.2. The Morgan fingerprint density at radius 2 is 1.86 bits per heavy atom. The van der Waals surface area contributed by atoms with Crippen LogP contribution < -0.4 is 10.1 Å². The van der Waals surface area contributed by atoms with Crippen LogP contribution in [0.4, 0.5) is 5.69 Å². The van der Waals surface area contributed by atoms with Gasteiger partial charge in [0.25, 0.3) is 0 Å². The minimum absolute atomic E-state index is 0.0470. The summed E-state index contributed by atoms with van der Waals surface area (Å²) in [5.74, 6) is -0.0529. The summed E-state index contributed by atoms with van der Waals surface area (Å²) in [6.07, 6.45) is 0.914. The number of halogens is 1. The number of amides is 1. The maximum atomic E-state index is 13.1. The summed E-state index contributed by atoms with van der Waals surface area (Å²) in [5.41, 5.74) is 2.95. The van der Waals surface area contributed by atoms with E-state index >= 15 is 0 Å². The van der Waals surface area contributed by atoms with Gasteiger partial charge in [0.05, 0.1) is 7.11 Å². The van der Waals surface area contributed by atoms with Crippen LogP contribution in [0.25, 0.3) is 0 Å². The van der Waals surface area contributed by atoms with Crippen LogP contribution in [-0.4, -0.2) is 38.8 Å². The average Bonchev–Trinajstić information content (AvgIpc) is 2.71. The van der Waals surface area contributed by atoms with Crippen LogP contribution in [0, 0.1) is 19.8 Å². The first-order valence-electron chi connectivity index (χ1n) is 9.45. The van der Waals surface area contributed by atoms with Crippen molar-refractivity contribution < 1.29 is 17.9 Å². The number of nitrogens with zero attached hydrogens (tertiary/aromatic N) is 1. The Kier molecular flexibility index (Phi) is 6.51. The number of rotatable bonds is 5. The molecule has 1 aliphatic heterocycles. The topological polar surface area (TPSA) is 75.7 Å². The van der Waals surface area contributed by atoms with Gasteiger partial charge < -0.3 is 10.1 Å². The molecule has 1 fully saturated rings. The SMILES string of the molecule is COc1ccc(Cl)cc1S(=O)(=O)N1CCC(C(=O)Nc2cccc(C)c2C)CC1. The summed E-state index contributed by atoms with van der Waals surface area (Å²) >= 11 is 5.99. The van der Waals surface area contributed by atoms with E-state index in [1.54, 1.807) is 12.1 Å². The lowest BCUT2D eigenvalue weighted by Gasteiger charge is -2.31. The van der Waals surface area contributed by atoms with Crippen molar-refractivity contribution in [2.45, 2.75) is 31.6 Å². The summed E-state index contributed by atoms with van der Waals surface area (Å²) in [7, 11) is -2.33. The highest BCUT2D eigenvalue weighted by Crippen LogP contribution is 2.32. The summed E-state index contributed by atoms with van der Waals surface area (Å²) in [5, 5.41) is 3.31. The second kappa shape index (κ2) is 8.73. The highest BCUT2D eigenvalue weighted by atomic mass is 35.5. The molecule has 1 saturated heterocycles. The lowest BCUT2D eigenvalue weighted by molar-refractivity contribution is -0.120. The molecule has 0 aliphatic carbocycles. The summed E-state index contributed by atoms with van der Waals surface area (Å²) in [6, 6.07) is 10.3. The Bertz CT molecular complexity index is 1020. The fourth-order valence-electron chi connectivity index (χ4n) is 3.47. The normalized spacial score (nSPS) is 15.9. The number of hydrogen-bond acceptors (Lipinski definition) is 4. The first kappa shape index (κ1) is 21.6. The Morgan fingerprint density at radius 3 is 2.52 bits per heavy atom. The molecule has 0 atom stereocenters. The van der Waals surface area contributed by atoms with Gasteiger partial charge in [0.15, 0.2) is 0 Å². The van der Waals surface area contributed by atoms with E-state index in [1.165, 1.54) is 17.5 Å². The van der Waals surface area contributed by atoms with Gasteiger partial charge >= 0.3 is 0 Å². The predicted molar refractivity (Wildman–Crippen MR) is 114 cm³/mol. The summed E-state index contributed by atoms with van der Waals surface area (Å²) in [4.78, 5) is 12.7. The number of anilines is 1. The van der Waals surface area contributed by atoms with Crippen LogP contribution >= 0.6 is 11.6 Å². The maximum absolute atomic E-state index is 13.1. The molecule has 0 spiro atoms. The van der Waals surface area contributed by atoms with Crippen molar-refractivity contribution in [2.24, 2.45) is 5.92 Å². The van der Waals surface area contributed by atoms with Crippen molar-refractivity contribution in [1.29, 1.82) is 0 Å². The van der Waals surface area contributed by atoms with Gasteiger partial charge in [-0.15, -0.1) is 0 Å². The molecule has 1 amide bonds. The molecule has 1 aliphatic rings. The van der Waals surface area contributed by atoms with Gasteiger partial charge in [0, 0.05) is 29.7 Å². The summed E-state index contributed by atoms with van der Waals surface area (Å²) in [6.45, 7) is 4.50. The predicted octanol–water partition coefficient (Wildman–Crippen LogP) is 4.00. The van der Waals surface area contributed by atoms with Crippen molar-refractivity contribution >= 4 is 33.2 Å². The average molecular weight is 437 g/mol. The molecular weight excluding hydrogens is 412 g/mol. The number of sulfonamides is 1. The number of hydrogen-bond donors (Lipinski definition) is 1. The maximum Gasteiger partial charge on any atom is 0.246 e. The molecule has 156 valence electrons. The van der Waals surface area contributed by atoms with E-state index in [4.69, 9.17) is 16.3 Å². The first-order chi connectivity index (χ1) is 13.7. The molecule has 29 heavy (non-hydrogen) atoms. The van der Waals surface area contributed by atoms with Gasteiger partial charge in [-0.3, -0.25) is 4.79 Å². The number of nitrogens with one attached hydrogen (secondary N) is 1. The monoisotopic (exact) mass is 436 g/mol. The largest absolute Gasteiger partial charge is 0.495 e. The molecule has 0 saturated carbocycles. The third-order valence-corrected chi connectivity index (χ3v) is 7.59. The molecular formula is C21H25ClN2O4S. The number of piperidine rings is 1. The van der Waals surface area contributed by atoms with Crippen LogP contribution in [0.15, 0.2) is 41.3 Å². The number of carbonyl (C=O) groups excluding carboxylic acids is 1. The van der Waals surface area contributed by atoms with Crippen molar-refractivity contribution in [3.8, 4) is 5.75 Å². The van der Waals surface area contributed by atoms with E-state index in [0.717, 1.165) is 16.8 Å². The molecule has 0 unspecified atom stereocenters. The Labute approximate surface area is 176 Å². The highest BCUT2D eigenvalue weighted by molar-refractivity contribution is 7.89. The first-order valence-corrected chi connectivity index (χ1v) is 11.3. The van der Waals surface area contributed by atoms with Crippen molar-refractivity contribution in [3.63, 3.8) is 0 Å². The Hall–Kier alpha value is -2.09. The van der Waals surface area contributed by atoms with Crippen molar-refractivity contribution in [1.82, 2.24) is 4.31 Å². The molecule has 2 aromatic carbocycles. The van der Waals surface area contributed by atoms with E-state index in [2.05, 4.69) is 5.32 Å². The molecule has 2 aromatic rings. The minimum atomic E-state index is -3.76. The van der Waals surface area contributed by atoms with E-state index in [9.17, 15) is 13.2 Å². The van der Waals surface area contributed by atoms with Gasteiger partial charge in [0.2, 0.25) is 15.9 Å². The van der Waals surface area contributed by atoms with Gasteiger partial charge in [-0.05, 0) is 62.1 Å². The molecule has 1 heterocycles. The zero-order valence-electron chi connectivity index (χ0n) is 16.7. The molecule has 0 radical (unpaired) electrons. The van der Waals surface area contributed by atoms with Gasteiger partial charge in [-0.2, -0.15) is 4.31 Å². The molecule has 3 rings (SSSR count). The zero-order valence-corrected chi connectivity index (χ0v) is 18.3. The highest BCUT2D eigenvalue weighted by Gasteiger charge is 2.34. The van der Waals surface area contributed by atoms with Crippen LogP contribution in [0.3, 0.4) is 0 Å². The van der Waals surface area contributed by atoms with E-state index in [-0.39, 0.29) is 35.6 Å². The second-order valence-electron chi connectivity index (χ2n) is 7.21. The van der Waals surface area contributed by atoms with Gasteiger partial charge in [0.1, 0.15) is 10.6 Å². The number of methoxy groups -OCH3 is 1. The van der Waals surface area contributed by atoms with Crippen molar-refractivity contribution in [3.05, 3.63) is 52.5 Å². The quantitative estimate of drug-likeness (QED) is 0.768. The third kappa shape index (κ3) is 4.57. The van der Waals surface area contributed by atoms with Crippen LogP contribution in [-0.2, 0) is 14.8 Å². The van der Waals surface area contributed by atoms with E-state index in [0.29, 0.717) is 17.9 Å². The minimum Gasteiger partial charge on any atom is -0.495 e. The van der Waals surface area contributed by atoms with Crippen molar-refractivity contribution in [2.75, 3.05) is 25.5 Å². The molecule has 0 aromatic heterocycles. The fraction of sp³-hybridized carbons (Fsp3) is 0.381. The smallest absolute Gasteiger partial charge is 0.246 e. The molecule has 0 bridgehead atoms. The number of benzene rings is 2.